The van der Waals surface area contributed by atoms with Crippen LogP contribution in [0.25, 0.3) is 10.9 Å². The number of nitrogens with zero attached hydrogens (tertiary/aromatic N) is 1. The lowest BCUT2D eigenvalue weighted by atomic mass is 10.1. The van der Waals surface area contributed by atoms with E-state index in [0.29, 0.717) is 6.54 Å². The molecule has 1 fully saturated rings. The van der Waals surface area contributed by atoms with Crippen LogP contribution >= 0.6 is 0 Å². The number of likely N-dealkylation sites (tertiary alicyclic amines) is 1. The van der Waals surface area contributed by atoms with E-state index in [4.69, 9.17) is 4.74 Å². The molecule has 0 atom stereocenters. The topological polar surface area (TPSA) is 62.4 Å². The van der Waals surface area contributed by atoms with E-state index in [1.165, 1.54) is 0 Å². The van der Waals surface area contributed by atoms with Crippen molar-refractivity contribution in [2.24, 2.45) is 0 Å². The van der Waals surface area contributed by atoms with Gasteiger partial charge in [-0.05, 0) is 30.2 Å². The lowest BCUT2D eigenvalue weighted by Gasteiger charge is -2.13. The molecule has 20 heavy (non-hydrogen) atoms. The fraction of sp³-hybridized carbons (Fsp3) is 0.333. The number of H-pyrrole nitrogens is 1. The van der Waals surface area contributed by atoms with Crippen molar-refractivity contribution in [3.05, 3.63) is 30.0 Å². The van der Waals surface area contributed by atoms with Gasteiger partial charge in [-0.25, -0.2) is 0 Å². The summed E-state index contributed by atoms with van der Waals surface area (Å²) in [6.45, 7) is 0.833. The second-order valence-electron chi connectivity index (χ2n) is 5.01. The molecule has 1 aromatic heterocycles. The Morgan fingerprint density at radius 3 is 2.90 bits per heavy atom. The summed E-state index contributed by atoms with van der Waals surface area (Å²) in [4.78, 5) is 27.7. The number of aromatic amines is 1. The number of Topliss-reactive ketones (excluding diaryl/α,β-unsaturated/α-hetero) is 1. The van der Waals surface area contributed by atoms with E-state index >= 15 is 0 Å². The van der Waals surface area contributed by atoms with E-state index in [0.717, 1.165) is 28.6 Å². The van der Waals surface area contributed by atoms with Gasteiger partial charge in [-0.2, -0.15) is 0 Å². The maximum Gasteiger partial charge on any atom is 0.230 e. The molecule has 1 N–H and O–H groups in total. The molecular weight excluding hydrogens is 256 g/mol. The standard InChI is InChI=1S/C15H16N2O3/c1-20-12-2-3-14-13(7-12)10(8-16-14)4-5-17-9-11(18)6-15(17)19/h2-3,7-8,16H,4-6,9H2,1H3. The number of nitrogens with one attached hydrogen (secondary N) is 1. The molecule has 0 bridgehead atoms. The molecule has 0 aliphatic carbocycles. The summed E-state index contributed by atoms with van der Waals surface area (Å²) in [5.74, 6) is 0.758. The number of fused-ring (bicyclic) bond motifs is 1. The Hall–Kier alpha value is -2.30. The summed E-state index contributed by atoms with van der Waals surface area (Å²) in [5, 5.41) is 1.10. The van der Waals surface area contributed by atoms with Gasteiger partial charge in [0, 0.05) is 23.6 Å². The summed E-state index contributed by atoms with van der Waals surface area (Å²) in [6.07, 6.45) is 2.74. The molecule has 0 saturated carbocycles. The minimum absolute atomic E-state index is 0.00981. The first-order chi connectivity index (χ1) is 9.67. The number of carbonyl (C=O) groups is 2. The fourth-order valence-corrected chi connectivity index (χ4v) is 2.59. The molecule has 5 nitrogen and oxygen atoms in total. The van der Waals surface area contributed by atoms with E-state index in [-0.39, 0.29) is 24.7 Å². The molecule has 0 spiro atoms. The van der Waals surface area contributed by atoms with Crippen LogP contribution < -0.4 is 4.74 Å². The molecule has 0 radical (unpaired) electrons. The quantitative estimate of drug-likeness (QED) is 0.858. The van der Waals surface area contributed by atoms with Crippen molar-refractivity contribution in [1.82, 2.24) is 9.88 Å². The number of aromatic nitrogens is 1. The highest BCUT2D eigenvalue weighted by atomic mass is 16.5. The first kappa shape index (κ1) is 12.7. The number of ketones is 1. The molecule has 1 amide bonds. The minimum Gasteiger partial charge on any atom is -0.497 e. The molecule has 5 heteroatoms. The van der Waals surface area contributed by atoms with Gasteiger partial charge in [0.1, 0.15) is 5.75 Å². The van der Waals surface area contributed by atoms with Crippen LogP contribution in [0.15, 0.2) is 24.4 Å². The number of carbonyl (C=O) groups excluding carboxylic acids is 2. The molecule has 0 unspecified atom stereocenters. The normalized spacial score (nSPS) is 15.3. The van der Waals surface area contributed by atoms with Crippen LogP contribution in [0.1, 0.15) is 12.0 Å². The zero-order chi connectivity index (χ0) is 14.1. The molecule has 1 saturated heterocycles. The number of methoxy groups -OCH3 is 1. The summed E-state index contributed by atoms with van der Waals surface area (Å²) in [6, 6.07) is 5.87. The lowest BCUT2D eigenvalue weighted by Crippen LogP contribution is -2.27. The summed E-state index contributed by atoms with van der Waals surface area (Å²) in [7, 11) is 1.64. The van der Waals surface area contributed by atoms with Crippen LogP contribution in [-0.4, -0.2) is 41.8 Å². The number of hydrogen-bond acceptors (Lipinski definition) is 3. The molecule has 104 valence electrons. The van der Waals surface area contributed by atoms with E-state index in [2.05, 4.69) is 4.98 Å². The number of benzene rings is 1. The second-order valence-corrected chi connectivity index (χ2v) is 5.01. The van der Waals surface area contributed by atoms with Crippen molar-refractivity contribution in [3.63, 3.8) is 0 Å². The Labute approximate surface area is 116 Å². The average molecular weight is 272 g/mol. The highest BCUT2D eigenvalue weighted by Gasteiger charge is 2.26. The van der Waals surface area contributed by atoms with Crippen molar-refractivity contribution in [1.29, 1.82) is 0 Å². The van der Waals surface area contributed by atoms with Gasteiger partial charge in [0.15, 0.2) is 5.78 Å². The van der Waals surface area contributed by atoms with E-state index in [1.807, 2.05) is 24.4 Å². The summed E-state index contributed by atoms with van der Waals surface area (Å²) >= 11 is 0. The third-order valence-corrected chi connectivity index (χ3v) is 3.69. The Morgan fingerprint density at radius 1 is 1.35 bits per heavy atom. The van der Waals surface area contributed by atoms with Gasteiger partial charge < -0.3 is 14.6 Å². The van der Waals surface area contributed by atoms with Gasteiger partial charge in [-0.1, -0.05) is 0 Å². The average Bonchev–Trinajstić information content (AvgIpc) is 2.98. The smallest absolute Gasteiger partial charge is 0.230 e. The summed E-state index contributed by atoms with van der Waals surface area (Å²) < 4.78 is 5.23. The number of rotatable bonds is 4. The van der Waals surface area contributed by atoms with Gasteiger partial charge in [-0.3, -0.25) is 9.59 Å². The van der Waals surface area contributed by atoms with Crippen molar-refractivity contribution in [2.45, 2.75) is 12.8 Å². The number of amides is 1. The van der Waals surface area contributed by atoms with Crippen molar-refractivity contribution >= 4 is 22.6 Å². The van der Waals surface area contributed by atoms with Crippen molar-refractivity contribution in [3.8, 4) is 5.75 Å². The summed E-state index contributed by atoms with van der Waals surface area (Å²) in [5.41, 5.74) is 2.18. The van der Waals surface area contributed by atoms with Crippen LogP contribution in [0.2, 0.25) is 0 Å². The zero-order valence-corrected chi connectivity index (χ0v) is 11.3. The maximum absolute atomic E-state index is 11.6. The lowest BCUT2D eigenvalue weighted by molar-refractivity contribution is -0.127. The molecule has 1 aliphatic rings. The largest absolute Gasteiger partial charge is 0.497 e. The second kappa shape index (κ2) is 5.00. The van der Waals surface area contributed by atoms with Gasteiger partial charge >= 0.3 is 0 Å². The predicted octanol–water partition coefficient (Wildman–Crippen LogP) is 1.52. The van der Waals surface area contributed by atoms with E-state index in [1.54, 1.807) is 12.0 Å². The van der Waals surface area contributed by atoms with Gasteiger partial charge in [0.25, 0.3) is 0 Å². The molecule has 3 rings (SSSR count). The van der Waals surface area contributed by atoms with Gasteiger partial charge in [-0.15, -0.1) is 0 Å². The molecule has 1 aliphatic heterocycles. The number of ether oxygens (including phenoxy) is 1. The Balaban J connectivity index is 1.77. The van der Waals surface area contributed by atoms with Crippen LogP contribution in [0.3, 0.4) is 0 Å². The Bertz CT molecular complexity index is 675. The third-order valence-electron chi connectivity index (χ3n) is 3.69. The van der Waals surface area contributed by atoms with Gasteiger partial charge in [0.05, 0.1) is 20.1 Å². The van der Waals surface area contributed by atoms with E-state index in [9.17, 15) is 9.59 Å². The van der Waals surface area contributed by atoms with E-state index < -0.39 is 0 Å². The molecule has 2 heterocycles. The van der Waals surface area contributed by atoms with Crippen LogP contribution in [0, 0.1) is 0 Å². The molecular formula is C15H16N2O3. The minimum atomic E-state index is -0.0626. The number of hydrogen-bond donors (Lipinski definition) is 1. The van der Waals surface area contributed by atoms with Crippen molar-refractivity contribution < 1.29 is 14.3 Å². The van der Waals surface area contributed by atoms with Crippen LogP contribution in [-0.2, 0) is 16.0 Å². The monoisotopic (exact) mass is 272 g/mol. The first-order valence-corrected chi connectivity index (χ1v) is 6.61. The molecule has 2 aromatic rings. The van der Waals surface area contributed by atoms with Gasteiger partial charge in [0.2, 0.25) is 5.91 Å². The Kier molecular flexibility index (Phi) is 3.18. The Morgan fingerprint density at radius 2 is 2.20 bits per heavy atom. The highest BCUT2D eigenvalue weighted by Crippen LogP contribution is 2.24. The highest BCUT2D eigenvalue weighted by molar-refractivity contribution is 6.05. The third kappa shape index (κ3) is 2.27. The van der Waals surface area contributed by atoms with Crippen molar-refractivity contribution in [2.75, 3.05) is 20.2 Å². The SMILES string of the molecule is COc1ccc2[nH]cc(CCN3CC(=O)CC3=O)c2c1. The van der Waals surface area contributed by atoms with Crippen LogP contribution in [0.5, 0.6) is 5.75 Å². The fourth-order valence-electron chi connectivity index (χ4n) is 2.59. The maximum atomic E-state index is 11.6. The zero-order valence-electron chi connectivity index (χ0n) is 11.3. The molecule has 1 aromatic carbocycles. The predicted molar refractivity (Wildman–Crippen MR) is 74.8 cm³/mol. The first-order valence-electron chi connectivity index (χ1n) is 6.61. The van der Waals surface area contributed by atoms with Crippen LogP contribution in [0.4, 0.5) is 0 Å².